The fourth-order valence-electron chi connectivity index (χ4n) is 0.973. The summed E-state index contributed by atoms with van der Waals surface area (Å²) in [4.78, 5) is 11.9. The van der Waals surface area contributed by atoms with Crippen molar-refractivity contribution in [2.75, 3.05) is 5.32 Å². The Morgan fingerprint density at radius 1 is 1.53 bits per heavy atom. The van der Waals surface area contributed by atoms with Crippen molar-refractivity contribution in [3.8, 4) is 0 Å². The molecular formula is C11H12BrFN2OS. The lowest BCUT2D eigenvalue weighted by Crippen LogP contribution is -2.41. The number of hydrogen-bond acceptors (Lipinski definition) is 2. The van der Waals surface area contributed by atoms with Crippen molar-refractivity contribution in [2.24, 2.45) is 11.1 Å². The number of carbonyl (C=O) groups is 1. The molecular weight excluding hydrogens is 307 g/mol. The largest absolute Gasteiger partial charge is 0.392 e. The zero-order valence-electron chi connectivity index (χ0n) is 9.38. The van der Waals surface area contributed by atoms with Crippen molar-refractivity contribution in [2.45, 2.75) is 13.8 Å². The third kappa shape index (κ3) is 3.23. The van der Waals surface area contributed by atoms with Crippen LogP contribution in [-0.4, -0.2) is 10.9 Å². The maximum absolute atomic E-state index is 13.2. The van der Waals surface area contributed by atoms with Gasteiger partial charge in [0.05, 0.1) is 14.9 Å². The second-order valence-corrected chi connectivity index (χ2v) is 5.37. The van der Waals surface area contributed by atoms with Crippen LogP contribution in [0.5, 0.6) is 0 Å². The van der Waals surface area contributed by atoms with E-state index in [1.54, 1.807) is 19.9 Å². The Kier molecular flexibility index (Phi) is 4.21. The maximum Gasteiger partial charge on any atom is 0.236 e. The summed E-state index contributed by atoms with van der Waals surface area (Å²) in [6, 6.07) is 4.32. The van der Waals surface area contributed by atoms with Crippen LogP contribution in [0.15, 0.2) is 22.7 Å². The molecule has 0 aromatic heterocycles. The van der Waals surface area contributed by atoms with E-state index in [2.05, 4.69) is 21.2 Å². The van der Waals surface area contributed by atoms with Gasteiger partial charge in [-0.05, 0) is 48.0 Å². The molecule has 1 rings (SSSR count). The number of hydrogen-bond donors (Lipinski definition) is 2. The van der Waals surface area contributed by atoms with Crippen molar-refractivity contribution >= 4 is 44.7 Å². The molecule has 0 spiro atoms. The Labute approximate surface area is 113 Å². The maximum atomic E-state index is 13.2. The highest BCUT2D eigenvalue weighted by atomic mass is 79.9. The van der Waals surface area contributed by atoms with Gasteiger partial charge in [0.2, 0.25) is 5.91 Å². The average molecular weight is 319 g/mol. The topological polar surface area (TPSA) is 55.1 Å². The van der Waals surface area contributed by atoms with Gasteiger partial charge in [0.1, 0.15) is 5.82 Å². The number of nitrogens with one attached hydrogen (secondary N) is 1. The molecule has 3 nitrogen and oxygen atoms in total. The molecule has 0 fully saturated rings. The smallest absolute Gasteiger partial charge is 0.236 e. The molecule has 3 N–H and O–H groups in total. The van der Waals surface area contributed by atoms with Gasteiger partial charge in [0, 0.05) is 5.69 Å². The first-order valence-electron chi connectivity index (χ1n) is 4.81. The number of anilines is 1. The number of thiocarbonyl (C=S) groups is 1. The molecule has 0 bridgehead atoms. The number of rotatable bonds is 3. The number of carbonyl (C=O) groups excluding carboxylic acids is 1. The summed E-state index contributed by atoms with van der Waals surface area (Å²) in [6.45, 7) is 3.22. The molecule has 0 saturated carbocycles. The molecule has 1 aromatic carbocycles. The van der Waals surface area contributed by atoms with E-state index in [1.165, 1.54) is 12.1 Å². The van der Waals surface area contributed by atoms with Crippen molar-refractivity contribution in [3.63, 3.8) is 0 Å². The van der Waals surface area contributed by atoms with Crippen LogP contribution in [0.3, 0.4) is 0 Å². The molecule has 0 heterocycles. The van der Waals surface area contributed by atoms with E-state index in [1.807, 2.05) is 0 Å². The van der Waals surface area contributed by atoms with Gasteiger partial charge in [0.25, 0.3) is 0 Å². The molecule has 0 radical (unpaired) electrons. The molecule has 17 heavy (non-hydrogen) atoms. The summed E-state index contributed by atoms with van der Waals surface area (Å²) >= 11 is 7.84. The highest BCUT2D eigenvalue weighted by Gasteiger charge is 2.30. The van der Waals surface area contributed by atoms with Crippen LogP contribution >= 0.6 is 28.1 Å². The SMILES string of the molecule is CC(C)(C(=O)Nc1ccc(Br)c(F)c1)C(N)=S. The summed E-state index contributed by atoms with van der Waals surface area (Å²) in [5.74, 6) is -0.817. The van der Waals surface area contributed by atoms with Crippen LogP contribution in [0.1, 0.15) is 13.8 Å². The lowest BCUT2D eigenvalue weighted by atomic mass is 9.92. The van der Waals surface area contributed by atoms with Crippen LogP contribution in [0.2, 0.25) is 0 Å². The second kappa shape index (κ2) is 5.10. The van der Waals surface area contributed by atoms with E-state index in [0.29, 0.717) is 10.2 Å². The molecule has 6 heteroatoms. The van der Waals surface area contributed by atoms with E-state index in [-0.39, 0.29) is 10.9 Å². The molecule has 0 aliphatic heterocycles. The van der Waals surface area contributed by atoms with Crippen LogP contribution < -0.4 is 11.1 Å². The van der Waals surface area contributed by atoms with E-state index in [9.17, 15) is 9.18 Å². The summed E-state index contributed by atoms with van der Waals surface area (Å²) in [5.41, 5.74) is 4.86. The number of nitrogens with two attached hydrogens (primary N) is 1. The van der Waals surface area contributed by atoms with Crippen LogP contribution in [0, 0.1) is 11.2 Å². The Morgan fingerprint density at radius 2 is 2.12 bits per heavy atom. The Hall–Kier alpha value is -1.01. The highest BCUT2D eigenvalue weighted by Crippen LogP contribution is 2.22. The van der Waals surface area contributed by atoms with E-state index in [4.69, 9.17) is 18.0 Å². The molecule has 0 aliphatic carbocycles. The van der Waals surface area contributed by atoms with Gasteiger partial charge in [-0.25, -0.2) is 4.39 Å². The summed E-state index contributed by atoms with van der Waals surface area (Å²) in [6.07, 6.45) is 0. The lowest BCUT2D eigenvalue weighted by molar-refractivity contribution is -0.121. The van der Waals surface area contributed by atoms with Crippen molar-refractivity contribution in [1.29, 1.82) is 0 Å². The minimum absolute atomic E-state index is 0.0904. The molecule has 0 unspecified atom stereocenters. The van der Waals surface area contributed by atoms with Gasteiger partial charge in [-0.2, -0.15) is 0 Å². The molecule has 0 atom stereocenters. The van der Waals surface area contributed by atoms with Gasteiger partial charge in [-0.15, -0.1) is 0 Å². The molecule has 1 aromatic rings. The average Bonchev–Trinajstić information content (AvgIpc) is 2.23. The van der Waals surface area contributed by atoms with Crippen LogP contribution in [0.4, 0.5) is 10.1 Å². The lowest BCUT2D eigenvalue weighted by Gasteiger charge is -2.21. The normalized spacial score (nSPS) is 11.1. The van der Waals surface area contributed by atoms with Crippen molar-refractivity contribution in [1.82, 2.24) is 0 Å². The minimum Gasteiger partial charge on any atom is -0.392 e. The molecule has 1 amide bonds. The monoisotopic (exact) mass is 318 g/mol. The summed E-state index contributed by atoms with van der Waals surface area (Å²) in [7, 11) is 0. The minimum atomic E-state index is -0.973. The summed E-state index contributed by atoms with van der Waals surface area (Å²) in [5, 5.41) is 2.56. The van der Waals surface area contributed by atoms with Gasteiger partial charge >= 0.3 is 0 Å². The summed E-state index contributed by atoms with van der Waals surface area (Å²) < 4.78 is 13.6. The third-order valence-electron chi connectivity index (χ3n) is 2.36. The Bertz CT molecular complexity index is 477. The first-order valence-corrected chi connectivity index (χ1v) is 6.01. The van der Waals surface area contributed by atoms with Crippen molar-refractivity contribution < 1.29 is 9.18 Å². The number of amides is 1. The standard InChI is InChI=1S/C11H12BrFN2OS/c1-11(2,9(14)17)10(16)15-6-3-4-7(12)8(13)5-6/h3-5H,1-2H3,(H2,14,17)(H,15,16). The van der Waals surface area contributed by atoms with Crippen LogP contribution in [-0.2, 0) is 4.79 Å². The zero-order valence-corrected chi connectivity index (χ0v) is 11.8. The highest BCUT2D eigenvalue weighted by molar-refractivity contribution is 9.10. The Morgan fingerprint density at radius 3 is 2.59 bits per heavy atom. The number of benzene rings is 1. The second-order valence-electron chi connectivity index (χ2n) is 4.07. The predicted octanol–water partition coefficient (Wildman–Crippen LogP) is 2.84. The van der Waals surface area contributed by atoms with Gasteiger partial charge in [-0.3, -0.25) is 4.79 Å². The third-order valence-corrected chi connectivity index (χ3v) is 3.51. The number of halogens is 2. The first kappa shape index (κ1) is 14.1. The van der Waals surface area contributed by atoms with E-state index >= 15 is 0 Å². The van der Waals surface area contributed by atoms with Gasteiger partial charge in [-0.1, -0.05) is 12.2 Å². The fourth-order valence-corrected chi connectivity index (χ4v) is 1.31. The van der Waals surface area contributed by atoms with Gasteiger partial charge in [0.15, 0.2) is 0 Å². The zero-order chi connectivity index (χ0) is 13.2. The quantitative estimate of drug-likeness (QED) is 0.843. The Balaban J connectivity index is 2.89. The van der Waals surface area contributed by atoms with Crippen LogP contribution in [0.25, 0.3) is 0 Å². The van der Waals surface area contributed by atoms with Crippen molar-refractivity contribution in [3.05, 3.63) is 28.5 Å². The molecule has 0 saturated heterocycles. The van der Waals surface area contributed by atoms with Gasteiger partial charge < -0.3 is 11.1 Å². The van der Waals surface area contributed by atoms with E-state index in [0.717, 1.165) is 0 Å². The van der Waals surface area contributed by atoms with E-state index < -0.39 is 11.2 Å². The fraction of sp³-hybridized carbons (Fsp3) is 0.273. The molecule has 92 valence electrons. The predicted molar refractivity (Wildman–Crippen MR) is 73.3 cm³/mol. The molecule has 0 aliphatic rings. The first-order chi connectivity index (χ1) is 7.75.